The van der Waals surface area contributed by atoms with Crippen molar-refractivity contribution in [2.75, 3.05) is 0 Å². The fourth-order valence-corrected chi connectivity index (χ4v) is 1.51. The Morgan fingerprint density at radius 1 is 1.00 bits per heavy atom. The number of carboxylic acids is 1. The van der Waals surface area contributed by atoms with Crippen molar-refractivity contribution < 1.29 is 14.5 Å². The molecule has 0 N–H and O–H groups in total. The highest BCUT2D eigenvalue weighted by Crippen LogP contribution is 1.97. The first-order chi connectivity index (χ1) is 8.70. The van der Waals surface area contributed by atoms with Gasteiger partial charge in [0.1, 0.15) is 6.54 Å². The number of unbranched alkanes of at least 4 members (excludes halogenated alkanes) is 3. The average molecular weight is 251 g/mol. The third-order valence-electron chi connectivity index (χ3n) is 2.50. The number of hydrogen-bond donors (Lipinski definition) is 0. The van der Waals surface area contributed by atoms with E-state index in [0.717, 1.165) is 0 Å². The van der Waals surface area contributed by atoms with E-state index >= 15 is 0 Å². The average Bonchev–Trinajstić information content (AvgIpc) is 2.37. The predicted octanol–water partition coefficient (Wildman–Crippen LogP) is 2.09. The Kier molecular flexibility index (Phi) is 11.2. The Balaban J connectivity index is 0.000000411. The number of pyridine rings is 1. The van der Waals surface area contributed by atoms with E-state index in [9.17, 15) is 9.90 Å². The van der Waals surface area contributed by atoms with E-state index in [4.69, 9.17) is 0 Å². The zero-order valence-corrected chi connectivity index (χ0v) is 11.6. The molecule has 0 aliphatic heterocycles. The second-order valence-electron chi connectivity index (χ2n) is 4.30. The van der Waals surface area contributed by atoms with Gasteiger partial charge in [-0.3, -0.25) is 0 Å². The third kappa shape index (κ3) is 11.1. The van der Waals surface area contributed by atoms with E-state index in [1.54, 1.807) is 6.92 Å². The van der Waals surface area contributed by atoms with Gasteiger partial charge >= 0.3 is 0 Å². The number of carbonyl (C=O) groups is 1. The molecule has 3 nitrogen and oxygen atoms in total. The van der Waals surface area contributed by atoms with E-state index in [-0.39, 0.29) is 6.42 Å². The Labute approximate surface area is 110 Å². The zero-order valence-electron chi connectivity index (χ0n) is 11.6. The lowest BCUT2D eigenvalue weighted by Crippen LogP contribution is -2.32. The van der Waals surface area contributed by atoms with Crippen molar-refractivity contribution in [1.29, 1.82) is 0 Å². The summed E-state index contributed by atoms with van der Waals surface area (Å²) in [6.07, 6.45) is 10.5. The lowest BCUT2D eigenvalue weighted by atomic mass is 10.2. The maximum absolute atomic E-state index is 9.49. The van der Waals surface area contributed by atoms with Crippen LogP contribution in [-0.2, 0) is 11.3 Å². The first kappa shape index (κ1) is 16.6. The van der Waals surface area contributed by atoms with Gasteiger partial charge in [-0.05, 0) is 12.8 Å². The van der Waals surface area contributed by atoms with Crippen LogP contribution in [0.3, 0.4) is 0 Å². The zero-order chi connectivity index (χ0) is 13.6. The van der Waals surface area contributed by atoms with E-state index in [0.29, 0.717) is 6.42 Å². The quantitative estimate of drug-likeness (QED) is 0.550. The molecule has 0 aliphatic carbocycles. The highest BCUT2D eigenvalue weighted by Gasteiger charge is 1.95. The van der Waals surface area contributed by atoms with Crippen LogP contribution in [0.5, 0.6) is 0 Å². The lowest BCUT2D eigenvalue weighted by Gasteiger charge is -1.95. The summed E-state index contributed by atoms with van der Waals surface area (Å²) in [6.45, 7) is 5.21. The van der Waals surface area contributed by atoms with E-state index in [1.165, 1.54) is 32.2 Å². The highest BCUT2D eigenvalue weighted by atomic mass is 16.4. The van der Waals surface area contributed by atoms with E-state index < -0.39 is 5.97 Å². The van der Waals surface area contributed by atoms with Crippen molar-refractivity contribution in [3.8, 4) is 0 Å². The van der Waals surface area contributed by atoms with Crippen molar-refractivity contribution in [2.45, 2.75) is 58.9 Å². The van der Waals surface area contributed by atoms with Crippen LogP contribution < -0.4 is 9.67 Å². The second kappa shape index (κ2) is 12.1. The van der Waals surface area contributed by atoms with Gasteiger partial charge in [-0.15, -0.1) is 0 Å². The van der Waals surface area contributed by atoms with Crippen LogP contribution in [0.25, 0.3) is 0 Å². The van der Waals surface area contributed by atoms with Crippen LogP contribution in [0.4, 0.5) is 0 Å². The summed E-state index contributed by atoms with van der Waals surface area (Å²) >= 11 is 0. The standard InChI is InChI=1S/C11H18N.C4H8O2/c1-2-3-4-6-9-12-10-7-5-8-11-12;1-2-3-4(5)6/h5,7-8,10-11H,2-4,6,9H2,1H3;2-3H2,1H3,(H,5,6)/q+1;/p-1. The SMILES string of the molecule is CCCC(=O)[O-].CCCCCC[n+]1ccccc1. The smallest absolute Gasteiger partial charge is 0.168 e. The molecule has 0 spiro atoms. The van der Waals surface area contributed by atoms with Crippen LogP contribution in [0.2, 0.25) is 0 Å². The maximum Gasteiger partial charge on any atom is 0.168 e. The highest BCUT2D eigenvalue weighted by molar-refractivity contribution is 5.63. The largest absolute Gasteiger partial charge is 0.550 e. The van der Waals surface area contributed by atoms with Gasteiger partial charge < -0.3 is 9.90 Å². The molecule has 0 bridgehead atoms. The summed E-state index contributed by atoms with van der Waals surface area (Å²) in [5.74, 6) is -0.961. The molecule has 0 radical (unpaired) electrons. The topological polar surface area (TPSA) is 44.0 Å². The van der Waals surface area contributed by atoms with Gasteiger partial charge in [0.15, 0.2) is 12.4 Å². The summed E-state index contributed by atoms with van der Waals surface area (Å²) in [7, 11) is 0. The minimum atomic E-state index is -0.961. The molecule has 0 atom stereocenters. The first-order valence-electron chi connectivity index (χ1n) is 6.84. The molecule has 1 aromatic heterocycles. The third-order valence-corrected chi connectivity index (χ3v) is 2.50. The molecular formula is C15H25NO2. The molecular weight excluding hydrogens is 226 g/mol. The molecule has 0 aliphatic rings. The van der Waals surface area contributed by atoms with Gasteiger partial charge in [-0.2, -0.15) is 0 Å². The van der Waals surface area contributed by atoms with Crippen LogP contribution >= 0.6 is 0 Å². The number of rotatable bonds is 7. The van der Waals surface area contributed by atoms with Crippen LogP contribution in [-0.4, -0.2) is 5.97 Å². The van der Waals surface area contributed by atoms with Gasteiger partial charge in [0.2, 0.25) is 0 Å². The van der Waals surface area contributed by atoms with Crippen molar-refractivity contribution in [1.82, 2.24) is 0 Å². The fraction of sp³-hybridized carbons (Fsp3) is 0.600. The number of carbonyl (C=O) groups excluding carboxylic acids is 1. The number of aryl methyl sites for hydroxylation is 1. The van der Waals surface area contributed by atoms with Crippen molar-refractivity contribution in [3.63, 3.8) is 0 Å². The number of hydrogen-bond acceptors (Lipinski definition) is 2. The molecule has 1 aromatic rings. The van der Waals surface area contributed by atoms with Crippen LogP contribution in [0.15, 0.2) is 30.6 Å². The molecule has 102 valence electrons. The minimum Gasteiger partial charge on any atom is -0.550 e. The van der Waals surface area contributed by atoms with Crippen molar-refractivity contribution >= 4 is 5.97 Å². The normalized spacial score (nSPS) is 9.44. The number of aliphatic carboxylic acids is 1. The molecule has 0 unspecified atom stereocenters. The van der Waals surface area contributed by atoms with Gasteiger partial charge in [0.25, 0.3) is 0 Å². The Morgan fingerprint density at radius 3 is 2.11 bits per heavy atom. The predicted molar refractivity (Wildman–Crippen MR) is 70.7 cm³/mol. The van der Waals surface area contributed by atoms with Crippen molar-refractivity contribution in [2.24, 2.45) is 0 Å². The van der Waals surface area contributed by atoms with Gasteiger partial charge in [0, 0.05) is 24.5 Å². The Morgan fingerprint density at radius 2 is 1.67 bits per heavy atom. The molecule has 1 heterocycles. The lowest BCUT2D eigenvalue weighted by molar-refractivity contribution is -0.697. The van der Waals surface area contributed by atoms with Gasteiger partial charge in [-0.25, -0.2) is 4.57 Å². The fourth-order valence-electron chi connectivity index (χ4n) is 1.51. The monoisotopic (exact) mass is 251 g/mol. The van der Waals surface area contributed by atoms with Gasteiger partial charge in [0.05, 0.1) is 0 Å². The van der Waals surface area contributed by atoms with Crippen molar-refractivity contribution in [3.05, 3.63) is 30.6 Å². The Bertz CT molecular complexity index is 299. The van der Waals surface area contributed by atoms with E-state index in [1.807, 2.05) is 0 Å². The summed E-state index contributed by atoms with van der Waals surface area (Å²) in [5.41, 5.74) is 0. The molecule has 0 saturated heterocycles. The molecule has 3 heteroatoms. The number of carboxylic acid groups (broad SMARTS) is 1. The molecule has 1 rings (SSSR count). The molecule has 0 saturated carbocycles. The number of aromatic nitrogens is 1. The van der Waals surface area contributed by atoms with Crippen LogP contribution in [0, 0.1) is 0 Å². The second-order valence-corrected chi connectivity index (χ2v) is 4.30. The molecule has 18 heavy (non-hydrogen) atoms. The maximum atomic E-state index is 9.49. The molecule has 0 aromatic carbocycles. The molecule has 0 fully saturated rings. The Hall–Kier alpha value is -1.38. The van der Waals surface area contributed by atoms with Gasteiger partial charge in [-0.1, -0.05) is 39.2 Å². The molecule has 0 amide bonds. The van der Waals surface area contributed by atoms with E-state index in [2.05, 4.69) is 42.1 Å². The summed E-state index contributed by atoms with van der Waals surface area (Å²) < 4.78 is 2.25. The summed E-state index contributed by atoms with van der Waals surface area (Å²) in [4.78, 5) is 9.49. The minimum absolute atomic E-state index is 0.181. The van der Waals surface area contributed by atoms with Crippen LogP contribution in [0.1, 0.15) is 52.4 Å². The summed E-state index contributed by atoms with van der Waals surface area (Å²) in [6, 6.07) is 6.22. The summed E-state index contributed by atoms with van der Waals surface area (Å²) in [5, 5.41) is 9.49. The number of nitrogens with zero attached hydrogens (tertiary/aromatic N) is 1. The first-order valence-corrected chi connectivity index (χ1v) is 6.84.